The lowest BCUT2D eigenvalue weighted by atomic mass is 9.92. The van der Waals surface area contributed by atoms with Gasteiger partial charge in [0.15, 0.2) is 0 Å². The lowest BCUT2D eigenvalue weighted by Gasteiger charge is -2.22. The summed E-state index contributed by atoms with van der Waals surface area (Å²) in [5, 5.41) is 0. The fourth-order valence-corrected chi connectivity index (χ4v) is 6.57. The van der Waals surface area contributed by atoms with Crippen molar-refractivity contribution in [2.45, 2.75) is 190 Å². The van der Waals surface area contributed by atoms with E-state index in [2.05, 4.69) is 80.5 Å². The van der Waals surface area contributed by atoms with Crippen molar-refractivity contribution < 1.29 is 4.74 Å². The van der Waals surface area contributed by atoms with Crippen molar-refractivity contribution in [2.24, 2.45) is 29.6 Å². The molecule has 0 radical (unpaired) electrons. The third-order valence-corrected chi connectivity index (χ3v) is 10.3. The Morgan fingerprint density at radius 1 is 0.667 bits per heavy atom. The Labute approximate surface area is 265 Å². The van der Waals surface area contributed by atoms with Crippen LogP contribution in [0.15, 0.2) is 34.9 Å². The summed E-state index contributed by atoms with van der Waals surface area (Å²) in [5.74, 6) is 4.69. The van der Waals surface area contributed by atoms with Crippen molar-refractivity contribution >= 4 is 0 Å². The van der Waals surface area contributed by atoms with Crippen LogP contribution in [0.2, 0.25) is 0 Å². The first-order valence-corrected chi connectivity index (χ1v) is 18.4. The highest BCUT2D eigenvalue weighted by Gasteiger charge is 2.34. The molecule has 1 fully saturated rings. The standard InChI is InChI=1S/C41H76O/c1-33(2)29-30-40-32-39(40)28-16-26-37(6)24-14-21-35(4)19-12-11-18-34(3)20-13-22-36(5)23-15-25-38(7)27-17-31-41(8,9)42-10/h19,25,29,34,36-37,39-40H,11-18,20-24,26-28,30-32H2,1-10H3/b35-19-,38-25+/t34?,36?,37?,39?,40-/m0/s1. The fourth-order valence-electron chi connectivity index (χ4n) is 6.57. The van der Waals surface area contributed by atoms with Crippen LogP contribution in [-0.2, 0) is 4.74 Å². The van der Waals surface area contributed by atoms with E-state index in [4.69, 9.17) is 4.74 Å². The minimum atomic E-state index is 0.0189. The first-order valence-electron chi connectivity index (χ1n) is 18.4. The third kappa shape index (κ3) is 21.8. The summed E-state index contributed by atoms with van der Waals surface area (Å²) < 4.78 is 5.54. The predicted molar refractivity (Wildman–Crippen MR) is 190 cm³/mol. The van der Waals surface area contributed by atoms with E-state index in [0.29, 0.717) is 0 Å². The van der Waals surface area contributed by atoms with E-state index in [-0.39, 0.29) is 5.60 Å². The number of hydrogen-bond donors (Lipinski definition) is 0. The largest absolute Gasteiger partial charge is 0.379 e. The highest BCUT2D eigenvalue weighted by atomic mass is 16.5. The zero-order valence-corrected chi connectivity index (χ0v) is 30.5. The molecule has 1 heteroatoms. The van der Waals surface area contributed by atoms with E-state index in [1.807, 2.05) is 7.11 Å². The molecule has 0 aliphatic heterocycles. The van der Waals surface area contributed by atoms with Gasteiger partial charge >= 0.3 is 0 Å². The Balaban J connectivity index is 2.00. The summed E-state index contributed by atoms with van der Waals surface area (Å²) in [4.78, 5) is 0. The topological polar surface area (TPSA) is 9.23 Å². The molecule has 0 spiro atoms. The monoisotopic (exact) mass is 585 g/mol. The van der Waals surface area contributed by atoms with Gasteiger partial charge in [0.05, 0.1) is 5.60 Å². The molecule has 0 heterocycles. The van der Waals surface area contributed by atoms with Crippen LogP contribution in [-0.4, -0.2) is 12.7 Å². The van der Waals surface area contributed by atoms with E-state index < -0.39 is 0 Å². The van der Waals surface area contributed by atoms with E-state index in [9.17, 15) is 0 Å². The lowest BCUT2D eigenvalue weighted by molar-refractivity contribution is 0.0140. The van der Waals surface area contributed by atoms with Gasteiger partial charge in [0.25, 0.3) is 0 Å². The average molecular weight is 585 g/mol. The Morgan fingerprint density at radius 3 is 1.86 bits per heavy atom. The molecule has 0 N–H and O–H groups in total. The van der Waals surface area contributed by atoms with Crippen LogP contribution < -0.4 is 0 Å². The molecule has 1 saturated carbocycles. The Bertz CT molecular complexity index is 764. The lowest BCUT2D eigenvalue weighted by Crippen LogP contribution is -2.21. The normalized spacial score (nSPS) is 20.0. The average Bonchev–Trinajstić information content (AvgIpc) is 3.68. The van der Waals surface area contributed by atoms with Crippen molar-refractivity contribution in [1.29, 1.82) is 0 Å². The van der Waals surface area contributed by atoms with Gasteiger partial charge in [-0.2, -0.15) is 0 Å². The van der Waals surface area contributed by atoms with Crippen LogP contribution in [0.1, 0.15) is 184 Å². The number of methoxy groups -OCH3 is 1. The highest BCUT2D eigenvalue weighted by molar-refractivity contribution is 5.00. The SMILES string of the molecule is COC(C)(C)CCC/C(C)=C/CCC(C)CCCC(C)CCC/C=C(/C)CCCC(C)CCCC1C[C@@H]1CC=C(C)C. The van der Waals surface area contributed by atoms with Crippen molar-refractivity contribution in [1.82, 2.24) is 0 Å². The van der Waals surface area contributed by atoms with E-state index in [0.717, 1.165) is 36.0 Å². The summed E-state index contributed by atoms with van der Waals surface area (Å²) in [6.07, 6.45) is 33.2. The van der Waals surface area contributed by atoms with Gasteiger partial charge in [0.2, 0.25) is 0 Å². The second-order valence-electron chi connectivity index (χ2n) is 15.8. The first-order chi connectivity index (χ1) is 19.9. The molecule has 1 aliphatic rings. The van der Waals surface area contributed by atoms with Crippen LogP contribution in [0, 0.1) is 29.6 Å². The van der Waals surface area contributed by atoms with Crippen molar-refractivity contribution in [3.63, 3.8) is 0 Å². The molecule has 246 valence electrons. The van der Waals surface area contributed by atoms with Gasteiger partial charge in [-0.3, -0.25) is 0 Å². The summed E-state index contributed by atoms with van der Waals surface area (Å²) >= 11 is 0. The second-order valence-corrected chi connectivity index (χ2v) is 15.8. The molecular weight excluding hydrogens is 508 g/mol. The molecule has 0 saturated heterocycles. The van der Waals surface area contributed by atoms with Gasteiger partial charge in [-0.15, -0.1) is 0 Å². The smallest absolute Gasteiger partial charge is 0.0622 e. The Hall–Kier alpha value is -0.820. The molecular formula is C41H76O. The molecule has 1 aliphatic carbocycles. The quantitative estimate of drug-likeness (QED) is 0.0725. The van der Waals surface area contributed by atoms with Gasteiger partial charge in [-0.25, -0.2) is 0 Å². The van der Waals surface area contributed by atoms with Crippen molar-refractivity contribution in [2.75, 3.05) is 7.11 Å². The Kier molecular flexibility index (Phi) is 21.1. The fraction of sp³-hybridized carbons (Fsp3) is 0.854. The van der Waals surface area contributed by atoms with Gasteiger partial charge in [0.1, 0.15) is 0 Å². The van der Waals surface area contributed by atoms with E-state index >= 15 is 0 Å². The molecule has 0 aromatic heterocycles. The maximum atomic E-state index is 5.54. The van der Waals surface area contributed by atoms with E-state index in [1.54, 1.807) is 11.1 Å². The van der Waals surface area contributed by atoms with Crippen LogP contribution >= 0.6 is 0 Å². The minimum absolute atomic E-state index is 0.0189. The zero-order chi connectivity index (χ0) is 31.4. The molecule has 0 aromatic carbocycles. The molecule has 1 nitrogen and oxygen atoms in total. The predicted octanol–water partition coefficient (Wildman–Crippen LogP) is 13.8. The van der Waals surface area contributed by atoms with Crippen molar-refractivity contribution in [3.8, 4) is 0 Å². The van der Waals surface area contributed by atoms with Crippen LogP contribution in [0.4, 0.5) is 0 Å². The number of hydrogen-bond acceptors (Lipinski definition) is 1. The van der Waals surface area contributed by atoms with Gasteiger partial charge in [-0.05, 0) is 142 Å². The van der Waals surface area contributed by atoms with Crippen LogP contribution in [0.25, 0.3) is 0 Å². The maximum Gasteiger partial charge on any atom is 0.0622 e. The van der Waals surface area contributed by atoms with Gasteiger partial charge < -0.3 is 4.74 Å². The molecule has 4 unspecified atom stereocenters. The second kappa shape index (κ2) is 22.7. The number of unbranched alkanes of at least 4 members (excludes halogenated alkanes) is 1. The van der Waals surface area contributed by atoms with Crippen LogP contribution in [0.5, 0.6) is 0 Å². The number of ether oxygens (including phenoxy) is 1. The zero-order valence-electron chi connectivity index (χ0n) is 30.5. The number of allylic oxidation sites excluding steroid dienone is 6. The van der Waals surface area contributed by atoms with Crippen LogP contribution in [0.3, 0.4) is 0 Å². The molecule has 0 aromatic rings. The molecule has 0 amide bonds. The first kappa shape index (κ1) is 39.2. The maximum absolute atomic E-state index is 5.54. The summed E-state index contributed by atoms with van der Waals surface area (Å²) in [6, 6.07) is 0. The summed E-state index contributed by atoms with van der Waals surface area (Å²) in [7, 11) is 1.82. The number of rotatable bonds is 26. The highest BCUT2D eigenvalue weighted by Crippen LogP contribution is 2.45. The summed E-state index contributed by atoms with van der Waals surface area (Å²) in [6.45, 7) is 20.9. The molecule has 0 bridgehead atoms. The molecule has 42 heavy (non-hydrogen) atoms. The van der Waals surface area contributed by atoms with Gasteiger partial charge in [-0.1, -0.05) is 107 Å². The molecule has 1 rings (SSSR count). The van der Waals surface area contributed by atoms with Crippen molar-refractivity contribution in [3.05, 3.63) is 34.9 Å². The molecule has 5 atom stereocenters. The van der Waals surface area contributed by atoms with Gasteiger partial charge in [0, 0.05) is 7.11 Å². The van der Waals surface area contributed by atoms with E-state index in [1.165, 1.54) is 121 Å². The third-order valence-electron chi connectivity index (χ3n) is 10.3. The minimum Gasteiger partial charge on any atom is -0.379 e. The Morgan fingerprint density at radius 2 is 1.21 bits per heavy atom. The summed E-state index contributed by atoms with van der Waals surface area (Å²) in [5.41, 5.74) is 4.70.